The Hall–Kier alpha value is -2.21. The molecule has 0 aromatic heterocycles. The number of likely N-dealkylation sites (tertiary alicyclic amines) is 1. The molecule has 0 N–H and O–H groups in total. The smallest absolute Gasteiger partial charge is 0.328 e. The van der Waals surface area contributed by atoms with Gasteiger partial charge in [0.15, 0.2) is 5.78 Å². The average Bonchev–Trinajstić information content (AvgIpc) is 3.06. The molecular weight excluding hydrogens is 310 g/mol. The number of esters is 1. The van der Waals surface area contributed by atoms with Crippen molar-refractivity contribution in [2.45, 2.75) is 37.8 Å². The van der Waals surface area contributed by atoms with E-state index < -0.39 is 12.0 Å². The van der Waals surface area contributed by atoms with Crippen LogP contribution in [0.1, 0.15) is 36.0 Å². The molecule has 2 unspecified atom stereocenters. The van der Waals surface area contributed by atoms with Crippen molar-refractivity contribution in [2.75, 3.05) is 20.8 Å². The standard InChI is InChI=1S/C18H23NO5/c1-23-14-11-15(18(22)24-2)19(12-14)17(21)10-6-9-16(20)13-7-4-3-5-8-13/h3-5,7-8,14-15H,6,9-12H2,1-2H3. The van der Waals surface area contributed by atoms with Crippen molar-refractivity contribution in [3.05, 3.63) is 35.9 Å². The summed E-state index contributed by atoms with van der Waals surface area (Å²) in [6.07, 6.45) is 1.26. The second kappa shape index (κ2) is 8.59. The first kappa shape index (κ1) is 18.1. The topological polar surface area (TPSA) is 72.9 Å². The lowest BCUT2D eigenvalue weighted by atomic mass is 10.1. The molecule has 1 aliphatic heterocycles. The van der Waals surface area contributed by atoms with Gasteiger partial charge < -0.3 is 14.4 Å². The van der Waals surface area contributed by atoms with Crippen LogP contribution in [0.5, 0.6) is 0 Å². The zero-order chi connectivity index (χ0) is 17.5. The molecule has 6 heteroatoms. The third kappa shape index (κ3) is 4.41. The fourth-order valence-electron chi connectivity index (χ4n) is 2.92. The Bertz CT molecular complexity index is 586. The highest BCUT2D eigenvalue weighted by molar-refractivity contribution is 5.96. The van der Waals surface area contributed by atoms with E-state index in [4.69, 9.17) is 9.47 Å². The number of amides is 1. The SMILES string of the molecule is COC(=O)C1CC(OC)CN1C(=O)CCCC(=O)c1ccccc1. The monoisotopic (exact) mass is 333 g/mol. The van der Waals surface area contributed by atoms with Crippen molar-refractivity contribution < 1.29 is 23.9 Å². The van der Waals surface area contributed by atoms with Gasteiger partial charge in [0.05, 0.1) is 13.2 Å². The number of benzene rings is 1. The number of ether oxygens (including phenoxy) is 2. The van der Waals surface area contributed by atoms with Crippen LogP contribution < -0.4 is 0 Å². The van der Waals surface area contributed by atoms with Crippen LogP contribution in [0, 0.1) is 0 Å². The lowest BCUT2D eigenvalue weighted by molar-refractivity contribution is -0.151. The van der Waals surface area contributed by atoms with Gasteiger partial charge in [0.2, 0.25) is 5.91 Å². The minimum absolute atomic E-state index is 0.0177. The van der Waals surface area contributed by atoms with Crippen LogP contribution in [0.25, 0.3) is 0 Å². The van der Waals surface area contributed by atoms with E-state index in [1.54, 1.807) is 19.2 Å². The minimum atomic E-state index is -0.600. The molecular formula is C18H23NO5. The Labute approximate surface area is 141 Å². The van der Waals surface area contributed by atoms with Gasteiger partial charge in [-0.1, -0.05) is 30.3 Å². The summed E-state index contributed by atoms with van der Waals surface area (Å²) in [5, 5.41) is 0. The van der Waals surface area contributed by atoms with Crippen molar-refractivity contribution in [3.8, 4) is 0 Å². The van der Waals surface area contributed by atoms with Gasteiger partial charge >= 0.3 is 5.97 Å². The molecule has 6 nitrogen and oxygen atoms in total. The fourth-order valence-corrected chi connectivity index (χ4v) is 2.92. The Morgan fingerprint density at radius 2 is 1.83 bits per heavy atom. The van der Waals surface area contributed by atoms with Gasteiger partial charge in [0.25, 0.3) is 0 Å². The summed E-state index contributed by atoms with van der Waals surface area (Å²) in [7, 11) is 2.87. The molecule has 0 spiro atoms. The van der Waals surface area contributed by atoms with Crippen molar-refractivity contribution in [3.63, 3.8) is 0 Å². The predicted octanol–water partition coefficient (Wildman–Crippen LogP) is 1.83. The van der Waals surface area contributed by atoms with Crippen LogP contribution in [0.15, 0.2) is 30.3 Å². The lowest BCUT2D eigenvalue weighted by Gasteiger charge is -2.22. The number of nitrogens with zero attached hydrogens (tertiary/aromatic N) is 1. The van der Waals surface area contributed by atoms with Gasteiger partial charge in [-0.3, -0.25) is 9.59 Å². The first-order chi connectivity index (χ1) is 11.6. The van der Waals surface area contributed by atoms with Gasteiger partial charge in [0.1, 0.15) is 6.04 Å². The maximum absolute atomic E-state index is 12.4. The van der Waals surface area contributed by atoms with Crippen LogP contribution in [-0.4, -0.2) is 55.5 Å². The van der Waals surface area contributed by atoms with E-state index in [9.17, 15) is 14.4 Å². The van der Waals surface area contributed by atoms with E-state index in [0.717, 1.165) is 0 Å². The first-order valence-corrected chi connectivity index (χ1v) is 8.05. The van der Waals surface area contributed by atoms with E-state index in [-0.39, 0.29) is 24.2 Å². The molecule has 1 aromatic carbocycles. The van der Waals surface area contributed by atoms with Gasteiger partial charge in [-0.2, -0.15) is 0 Å². The number of carbonyl (C=O) groups is 3. The zero-order valence-electron chi connectivity index (χ0n) is 14.1. The number of methoxy groups -OCH3 is 2. The van der Waals surface area contributed by atoms with Crippen molar-refractivity contribution in [1.29, 1.82) is 0 Å². The van der Waals surface area contributed by atoms with Crippen LogP contribution in [0.3, 0.4) is 0 Å². The molecule has 24 heavy (non-hydrogen) atoms. The third-order valence-corrected chi connectivity index (χ3v) is 4.28. The molecule has 1 aromatic rings. The summed E-state index contributed by atoms with van der Waals surface area (Å²) in [5.41, 5.74) is 0.651. The van der Waals surface area contributed by atoms with E-state index in [1.165, 1.54) is 12.0 Å². The van der Waals surface area contributed by atoms with Crippen molar-refractivity contribution in [2.24, 2.45) is 0 Å². The Balaban J connectivity index is 1.87. The second-order valence-corrected chi connectivity index (χ2v) is 5.82. The fraction of sp³-hybridized carbons (Fsp3) is 0.500. The van der Waals surface area contributed by atoms with E-state index >= 15 is 0 Å². The molecule has 0 radical (unpaired) electrons. The summed E-state index contributed by atoms with van der Waals surface area (Å²) >= 11 is 0. The summed E-state index contributed by atoms with van der Waals surface area (Å²) in [6, 6.07) is 8.41. The molecule has 1 fully saturated rings. The van der Waals surface area contributed by atoms with Gasteiger partial charge in [-0.15, -0.1) is 0 Å². The largest absolute Gasteiger partial charge is 0.467 e. The molecule has 0 bridgehead atoms. The Morgan fingerprint density at radius 1 is 1.12 bits per heavy atom. The second-order valence-electron chi connectivity index (χ2n) is 5.82. The summed E-state index contributed by atoms with van der Waals surface area (Å²) < 4.78 is 10.0. The molecule has 0 aliphatic carbocycles. The Kier molecular flexibility index (Phi) is 6.49. The number of hydrogen-bond donors (Lipinski definition) is 0. The number of hydrogen-bond acceptors (Lipinski definition) is 5. The van der Waals surface area contributed by atoms with Gasteiger partial charge in [-0.25, -0.2) is 4.79 Å². The van der Waals surface area contributed by atoms with Gasteiger partial charge in [-0.05, 0) is 6.42 Å². The molecule has 1 saturated heterocycles. The Morgan fingerprint density at radius 3 is 2.46 bits per heavy atom. The number of Topliss-reactive ketones (excluding diaryl/α,β-unsaturated/α-hetero) is 1. The first-order valence-electron chi connectivity index (χ1n) is 8.05. The number of rotatable bonds is 7. The minimum Gasteiger partial charge on any atom is -0.467 e. The van der Waals surface area contributed by atoms with Crippen LogP contribution in [-0.2, 0) is 19.1 Å². The highest BCUT2D eigenvalue weighted by atomic mass is 16.5. The molecule has 2 atom stereocenters. The normalized spacial score (nSPS) is 20.0. The maximum atomic E-state index is 12.4. The van der Waals surface area contributed by atoms with E-state index in [1.807, 2.05) is 18.2 Å². The highest BCUT2D eigenvalue weighted by Crippen LogP contribution is 2.22. The van der Waals surface area contributed by atoms with Crippen LogP contribution in [0.2, 0.25) is 0 Å². The third-order valence-electron chi connectivity index (χ3n) is 4.28. The maximum Gasteiger partial charge on any atom is 0.328 e. The molecule has 1 aliphatic rings. The summed E-state index contributed by atoms with van der Waals surface area (Å²) in [5.74, 6) is -0.557. The summed E-state index contributed by atoms with van der Waals surface area (Å²) in [4.78, 5) is 37.8. The number of ketones is 1. The van der Waals surface area contributed by atoms with Crippen LogP contribution in [0.4, 0.5) is 0 Å². The zero-order valence-corrected chi connectivity index (χ0v) is 14.1. The summed E-state index contributed by atoms with van der Waals surface area (Å²) in [6.45, 7) is 0.377. The van der Waals surface area contributed by atoms with Gasteiger partial charge in [0, 0.05) is 38.5 Å². The van der Waals surface area contributed by atoms with E-state index in [2.05, 4.69) is 0 Å². The number of carbonyl (C=O) groups excluding carboxylic acids is 3. The van der Waals surface area contributed by atoms with Crippen LogP contribution >= 0.6 is 0 Å². The molecule has 1 heterocycles. The quantitative estimate of drug-likeness (QED) is 0.562. The molecule has 0 saturated carbocycles. The highest BCUT2D eigenvalue weighted by Gasteiger charge is 2.40. The lowest BCUT2D eigenvalue weighted by Crippen LogP contribution is -2.41. The predicted molar refractivity (Wildman–Crippen MR) is 87.6 cm³/mol. The molecule has 1 amide bonds. The van der Waals surface area contributed by atoms with E-state index in [0.29, 0.717) is 31.4 Å². The molecule has 130 valence electrons. The van der Waals surface area contributed by atoms with Crippen molar-refractivity contribution >= 4 is 17.7 Å². The van der Waals surface area contributed by atoms with Crippen molar-refractivity contribution in [1.82, 2.24) is 4.90 Å². The molecule has 2 rings (SSSR count). The average molecular weight is 333 g/mol.